The zero-order chi connectivity index (χ0) is 16.9. The van der Waals surface area contributed by atoms with Gasteiger partial charge in [0.15, 0.2) is 0 Å². The number of benzene rings is 1. The zero-order valence-electron chi connectivity index (χ0n) is 13.5. The first-order valence-corrected chi connectivity index (χ1v) is 8.09. The Labute approximate surface area is 140 Å². The average molecular weight is 327 g/mol. The van der Waals surface area contributed by atoms with Crippen LogP contribution in [-0.2, 0) is 11.2 Å². The number of hydrogen-bond acceptors (Lipinski definition) is 5. The van der Waals surface area contributed by atoms with E-state index in [0.29, 0.717) is 24.5 Å². The molecule has 3 rings (SSSR count). The number of aryl methyl sites for hydroxylation is 1. The first-order chi connectivity index (χ1) is 11.6. The minimum Gasteiger partial charge on any atom is -0.439 e. The Hall–Kier alpha value is -2.44. The molecule has 2 aromatic rings. The fourth-order valence-electron chi connectivity index (χ4n) is 2.61. The number of carbonyl (C=O) groups excluding carboxylic acids is 1. The summed E-state index contributed by atoms with van der Waals surface area (Å²) >= 11 is 0. The van der Waals surface area contributed by atoms with Crippen LogP contribution >= 0.6 is 0 Å². The molecule has 3 N–H and O–H groups in total. The molecule has 1 fully saturated rings. The summed E-state index contributed by atoms with van der Waals surface area (Å²) in [7, 11) is 0. The first-order valence-electron chi connectivity index (χ1n) is 8.09. The van der Waals surface area contributed by atoms with Gasteiger partial charge >= 0.3 is 0 Å². The fraction of sp³-hybridized carbons (Fsp3) is 0.333. The van der Waals surface area contributed by atoms with Gasteiger partial charge in [0.05, 0.1) is 24.0 Å². The van der Waals surface area contributed by atoms with Gasteiger partial charge in [0.2, 0.25) is 11.8 Å². The van der Waals surface area contributed by atoms with Crippen molar-refractivity contribution in [3.63, 3.8) is 0 Å². The van der Waals surface area contributed by atoms with Gasteiger partial charge in [0, 0.05) is 12.6 Å². The lowest BCUT2D eigenvalue weighted by atomic mass is 10.2. The SMILES string of the molecule is CCc1cccc(Oc2ccc(NC(=O)C3CC(O)CN3)cn2)c1. The fourth-order valence-corrected chi connectivity index (χ4v) is 2.61. The van der Waals surface area contributed by atoms with E-state index >= 15 is 0 Å². The monoisotopic (exact) mass is 327 g/mol. The molecular weight excluding hydrogens is 306 g/mol. The number of aliphatic hydroxyl groups excluding tert-OH is 1. The van der Waals surface area contributed by atoms with Crippen LogP contribution in [0.25, 0.3) is 0 Å². The van der Waals surface area contributed by atoms with Crippen molar-refractivity contribution in [1.29, 1.82) is 0 Å². The van der Waals surface area contributed by atoms with E-state index in [1.165, 1.54) is 5.56 Å². The molecule has 0 aliphatic carbocycles. The molecule has 0 spiro atoms. The van der Waals surface area contributed by atoms with Crippen molar-refractivity contribution in [2.45, 2.75) is 31.9 Å². The van der Waals surface area contributed by atoms with Crippen molar-refractivity contribution in [2.75, 3.05) is 11.9 Å². The molecule has 1 aromatic carbocycles. The second-order valence-electron chi connectivity index (χ2n) is 5.83. The van der Waals surface area contributed by atoms with Gasteiger partial charge in [-0.25, -0.2) is 4.98 Å². The van der Waals surface area contributed by atoms with E-state index in [1.54, 1.807) is 18.3 Å². The highest BCUT2D eigenvalue weighted by atomic mass is 16.5. The standard InChI is InChI=1S/C18H21N3O3/c1-2-12-4-3-5-15(8-12)24-17-7-6-13(10-20-17)21-18(23)16-9-14(22)11-19-16/h3-8,10,14,16,19,22H,2,9,11H2,1H3,(H,21,23). The number of nitrogens with one attached hydrogen (secondary N) is 2. The predicted molar refractivity (Wildman–Crippen MR) is 91.2 cm³/mol. The molecule has 0 saturated carbocycles. The van der Waals surface area contributed by atoms with Gasteiger partial charge in [0.1, 0.15) is 5.75 Å². The molecule has 1 amide bonds. The molecule has 1 aliphatic heterocycles. The van der Waals surface area contributed by atoms with Crippen LogP contribution in [0.1, 0.15) is 18.9 Å². The normalized spacial score (nSPS) is 19.9. The molecule has 6 nitrogen and oxygen atoms in total. The molecule has 2 unspecified atom stereocenters. The van der Waals surface area contributed by atoms with Gasteiger partial charge in [0.25, 0.3) is 0 Å². The van der Waals surface area contributed by atoms with Gasteiger partial charge in [-0.15, -0.1) is 0 Å². The smallest absolute Gasteiger partial charge is 0.241 e. The Morgan fingerprint density at radius 1 is 1.42 bits per heavy atom. The van der Waals surface area contributed by atoms with Gasteiger partial charge in [-0.2, -0.15) is 0 Å². The highest BCUT2D eigenvalue weighted by Crippen LogP contribution is 2.22. The van der Waals surface area contributed by atoms with Gasteiger partial charge in [-0.05, 0) is 36.6 Å². The quantitative estimate of drug-likeness (QED) is 0.783. The molecule has 1 saturated heterocycles. The third kappa shape index (κ3) is 4.10. The summed E-state index contributed by atoms with van der Waals surface area (Å²) in [6.45, 7) is 2.53. The van der Waals surface area contributed by atoms with Crippen molar-refractivity contribution < 1.29 is 14.6 Å². The van der Waals surface area contributed by atoms with Crippen molar-refractivity contribution in [3.05, 3.63) is 48.2 Å². The van der Waals surface area contributed by atoms with E-state index in [0.717, 1.165) is 12.2 Å². The second kappa shape index (κ2) is 7.42. The number of anilines is 1. The van der Waals surface area contributed by atoms with Crippen LogP contribution in [0.4, 0.5) is 5.69 Å². The number of aliphatic hydroxyl groups is 1. The highest BCUT2D eigenvalue weighted by molar-refractivity contribution is 5.94. The summed E-state index contributed by atoms with van der Waals surface area (Å²) in [6.07, 6.45) is 2.46. The number of aromatic nitrogens is 1. The van der Waals surface area contributed by atoms with E-state index in [1.807, 2.05) is 24.3 Å². The van der Waals surface area contributed by atoms with E-state index in [-0.39, 0.29) is 11.9 Å². The van der Waals surface area contributed by atoms with E-state index < -0.39 is 6.10 Å². The van der Waals surface area contributed by atoms with Crippen LogP contribution in [0.2, 0.25) is 0 Å². The van der Waals surface area contributed by atoms with Crippen molar-refractivity contribution >= 4 is 11.6 Å². The largest absolute Gasteiger partial charge is 0.439 e. The maximum absolute atomic E-state index is 12.1. The molecule has 1 aliphatic rings. The van der Waals surface area contributed by atoms with Gasteiger partial charge in [-0.3, -0.25) is 4.79 Å². The predicted octanol–water partition coefficient (Wildman–Crippen LogP) is 2.10. The number of carbonyl (C=O) groups is 1. The van der Waals surface area contributed by atoms with E-state index in [4.69, 9.17) is 4.74 Å². The Morgan fingerprint density at radius 3 is 2.96 bits per heavy atom. The van der Waals surface area contributed by atoms with Gasteiger partial charge in [-0.1, -0.05) is 19.1 Å². The van der Waals surface area contributed by atoms with Crippen LogP contribution in [0.3, 0.4) is 0 Å². The van der Waals surface area contributed by atoms with Crippen LogP contribution in [-0.4, -0.2) is 34.7 Å². The molecule has 24 heavy (non-hydrogen) atoms. The summed E-state index contributed by atoms with van der Waals surface area (Å²) < 4.78 is 5.73. The number of nitrogens with zero attached hydrogens (tertiary/aromatic N) is 1. The molecule has 0 radical (unpaired) electrons. The topological polar surface area (TPSA) is 83.5 Å². The second-order valence-corrected chi connectivity index (χ2v) is 5.83. The summed E-state index contributed by atoms with van der Waals surface area (Å²) in [6, 6.07) is 11.0. The third-order valence-corrected chi connectivity index (χ3v) is 3.96. The number of β-amino-alcohol motifs (C(OH)–C–C–N with tert-alkyl or cyclic N) is 1. The highest BCUT2D eigenvalue weighted by Gasteiger charge is 2.27. The summed E-state index contributed by atoms with van der Waals surface area (Å²) in [5, 5.41) is 15.2. The number of rotatable bonds is 5. The molecule has 2 heterocycles. The Kier molecular flexibility index (Phi) is 5.08. The molecular formula is C18H21N3O3. The first kappa shape index (κ1) is 16.4. The molecule has 2 atom stereocenters. The summed E-state index contributed by atoms with van der Waals surface area (Å²) in [5.41, 5.74) is 1.79. The zero-order valence-corrected chi connectivity index (χ0v) is 13.5. The van der Waals surface area contributed by atoms with E-state index in [2.05, 4.69) is 22.5 Å². The van der Waals surface area contributed by atoms with Crippen LogP contribution in [0.5, 0.6) is 11.6 Å². The number of ether oxygens (including phenoxy) is 1. The van der Waals surface area contributed by atoms with Crippen molar-refractivity contribution in [3.8, 4) is 11.6 Å². The number of hydrogen-bond donors (Lipinski definition) is 3. The molecule has 126 valence electrons. The lowest BCUT2D eigenvalue weighted by molar-refractivity contribution is -0.117. The minimum absolute atomic E-state index is 0.169. The maximum Gasteiger partial charge on any atom is 0.241 e. The minimum atomic E-state index is -0.464. The van der Waals surface area contributed by atoms with Crippen molar-refractivity contribution in [1.82, 2.24) is 10.3 Å². The average Bonchev–Trinajstić information content (AvgIpc) is 3.03. The lowest BCUT2D eigenvalue weighted by Crippen LogP contribution is -2.35. The number of pyridine rings is 1. The Balaban J connectivity index is 1.59. The van der Waals surface area contributed by atoms with Crippen LogP contribution < -0.4 is 15.4 Å². The maximum atomic E-state index is 12.1. The molecule has 1 aromatic heterocycles. The van der Waals surface area contributed by atoms with Crippen LogP contribution in [0.15, 0.2) is 42.6 Å². The lowest BCUT2D eigenvalue weighted by Gasteiger charge is -2.11. The Bertz CT molecular complexity index is 703. The molecule has 0 bridgehead atoms. The van der Waals surface area contributed by atoms with Crippen LogP contribution in [0, 0.1) is 0 Å². The van der Waals surface area contributed by atoms with Crippen molar-refractivity contribution in [2.24, 2.45) is 0 Å². The molecule has 6 heteroatoms. The summed E-state index contributed by atoms with van der Waals surface area (Å²) in [5.74, 6) is 1.04. The van der Waals surface area contributed by atoms with E-state index in [9.17, 15) is 9.90 Å². The Morgan fingerprint density at radius 2 is 2.29 bits per heavy atom. The number of amides is 1. The van der Waals surface area contributed by atoms with Gasteiger partial charge < -0.3 is 20.5 Å². The third-order valence-electron chi connectivity index (χ3n) is 3.96. The summed E-state index contributed by atoms with van der Waals surface area (Å²) in [4.78, 5) is 16.3.